The Morgan fingerprint density at radius 1 is 1.13 bits per heavy atom. The van der Waals surface area contributed by atoms with E-state index in [0.717, 1.165) is 4.68 Å². The maximum absolute atomic E-state index is 13.6. The molecule has 0 saturated heterocycles. The summed E-state index contributed by atoms with van der Waals surface area (Å²) < 4.78 is 32.4. The Bertz CT molecular complexity index is 872. The number of rotatable bonds is 4. The Morgan fingerprint density at radius 3 is 2.52 bits per heavy atom. The minimum absolute atomic E-state index is 0.00395. The quantitative estimate of drug-likeness (QED) is 0.802. The average molecular weight is 318 g/mol. The SMILES string of the molecule is O=c1oc(-c2ccc(F)cc2)nn1CC(O)c1ccccc1F. The van der Waals surface area contributed by atoms with E-state index in [9.17, 15) is 18.7 Å². The van der Waals surface area contributed by atoms with Crippen molar-refractivity contribution in [2.24, 2.45) is 0 Å². The van der Waals surface area contributed by atoms with Gasteiger partial charge in [-0.2, -0.15) is 4.68 Å². The summed E-state index contributed by atoms with van der Waals surface area (Å²) in [6, 6.07) is 11.0. The summed E-state index contributed by atoms with van der Waals surface area (Å²) in [4.78, 5) is 11.8. The minimum Gasteiger partial charge on any atom is -0.388 e. The second-order valence-corrected chi connectivity index (χ2v) is 4.90. The monoisotopic (exact) mass is 318 g/mol. The van der Waals surface area contributed by atoms with E-state index in [1.54, 1.807) is 6.07 Å². The summed E-state index contributed by atoms with van der Waals surface area (Å²) in [5.41, 5.74) is 0.480. The van der Waals surface area contributed by atoms with Crippen LogP contribution in [-0.2, 0) is 6.54 Å². The Labute approximate surface area is 129 Å². The molecule has 5 nitrogen and oxygen atoms in total. The predicted molar refractivity (Wildman–Crippen MR) is 77.5 cm³/mol. The summed E-state index contributed by atoms with van der Waals surface area (Å²) in [6.45, 7) is -0.259. The molecule has 118 valence electrons. The molecule has 1 N–H and O–H groups in total. The molecule has 0 aliphatic heterocycles. The van der Waals surface area contributed by atoms with Crippen LogP contribution in [0.4, 0.5) is 8.78 Å². The van der Waals surface area contributed by atoms with Crippen molar-refractivity contribution in [3.8, 4) is 11.5 Å². The molecule has 0 radical (unpaired) electrons. The molecule has 0 spiro atoms. The lowest BCUT2D eigenvalue weighted by atomic mass is 10.1. The van der Waals surface area contributed by atoms with E-state index in [1.165, 1.54) is 42.5 Å². The number of hydrogen-bond donors (Lipinski definition) is 1. The number of benzene rings is 2. The first-order valence-electron chi connectivity index (χ1n) is 6.81. The van der Waals surface area contributed by atoms with Crippen molar-refractivity contribution in [1.29, 1.82) is 0 Å². The van der Waals surface area contributed by atoms with E-state index in [4.69, 9.17) is 4.42 Å². The first-order valence-corrected chi connectivity index (χ1v) is 6.81. The molecule has 23 heavy (non-hydrogen) atoms. The van der Waals surface area contributed by atoms with Gasteiger partial charge in [-0.25, -0.2) is 13.6 Å². The van der Waals surface area contributed by atoms with Gasteiger partial charge in [0.2, 0.25) is 5.89 Å². The average Bonchev–Trinajstić information content (AvgIpc) is 2.89. The smallest absolute Gasteiger partial charge is 0.388 e. The molecular formula is C16H12F2N2O3. The third kappa shape index (κ3) is 3.19. The van der Waals surface area contributed by atoms with Crippen LogP contribution in [0.5, 0.6) is 0 Å². The predicted octanol–water partition coefficient (Wildman–Crippen LogP) is 2.52. The van der Waals surface area contributed by atoms with Gasteiger partial charge >= 0.3 is 5.76 Å². The number of aliphatic hydroxyl groups is 1. The lowest BCUT2D eigenvalue weighted by Crippen LogP contribution is -2.20. The zero-order valence-electron chi connectivity index (χ0n) is 11.8. The summed E-state index contributed by atoms with van der Waals surface area (Å²) >= 11 is 0. The molecule has 0 amide bonds. The van der Waals surface area contributed by atoms with Crippen molar-refractivity contribution in [1.82, 2.24) is 9.78 Å². The fourth-order valence-electron chi connectivity index (χ4n) is 2.14. The number of halogens is 2. The van der Waals surface area contributed by atoms with Crippen molar-refractivity contribution in [3.63, 3.8) is 0 Å². The first kappa shape index (κ1) is 15.1. The summed E-state index contributed by atoms with van der Waals surface area (Å²) in [5, 5.41) is 14.0. The normalized spacial score (nSPS) is 12.3. The highest BCUT2D eigenvalue weighted by Gasteiger charge is 2.17. The van der Waals surface area contributed by atoms with E-state index in [1.807, 2.05) is 0 Å². The standard InChI is InChI=1S/C16H12F2N2O3/c17-11-7-5-10(6-8-11)15-19-20(16(22)23-15)9-14(21)12-3-1-2-4-13(12)18/h1-8,14,21H,9H2. The van der Waals surface area contributed by atoms with E-state index in [2.05, 4.69) is 5.10 Å². The van der Waals surface area contributed by atoms with Gasteiger partial charge < -0.3 is 9.52 Å². The molecule has 1 atom stereocenters. The van der Waals surface area contributed by atoms with Crippen LogP contribution in [0, 0.1) is 11.6 Å². The number of aromatic nitrogens is 2. The van der Waals surface area contributed by atoms with Crippen LogP contribution in [0.1, 0.15) is 11.7 Å². The molecule has 2 aromatic carbocycles. The zero-order valence-corrected chi connectivity index (χ0v) is 11.8. The van der Waals surface area contributed by atoms with E-state index >= 15 is 0 Å². The van der Waals surface area contributed by atoms with Crippen molar-refractivity contribution in [2.45, 2.75) is 12.6 Å². The topological polar surface area (TPSA) is 68.3 Å². The molecule has 0 bridgehead atoms. The highest BCUT2D eigenvalue weighted by Crippen LogP contribution is 2.19. The molecule has 0 fully saturated rings. The third-order valence-electron chi connectivity index (χ3n) is 3.31. The van der Waals surface area contributed by atoms with Crippen LogP contribution in [0.2, 0.25) is 0 Å². The van der Waals surface area contributed by atoms with Crippen molar-refractivity contribution in [2.75, 3.05) is 0 Å². The first-order chi connectivity index (χ1) is 11.0. The summed E-state index contributed by atoms with van der Waals surface area (Å²) in [5.74, 6) is -1.80. The van der Waals surface area contributed by atoms with Gasteiger partial charge in [-0.3, -0.25) is 0 Å². The molecule has 3 rings (SSSR count). The van der Waals surface area contributed by atoms with E-state index in [0.29, 0.717) is 5.56 Å². The maximum atomic E-state index is 13.6. The highest BCUT2D eigenvalue weighted by molar-refractivity contribution is 5.51. The van der Waals surface area contributed by atoms with Crippen LogP contribution in [-0.4, -0.2) is 14.9 Å². The van der Waals surface area contributed by atoms with Gasteiger partial charge in [-0.05, 0) is 30.3 Å². The summed E-state index contributed by atoms with van der Waals surface area (Å²) in [6.07, 6.45) is -1.25. The minimum atomic E-state index is -1.25. The zero-order chi connectivity index (χ0) is 16.4. The van der Waals surface area contributed by atoms with Crippen molar-refractivity contribution >= 4 is 0 Å². The Morgan fingerprint density at radius 2 is 1.83 bits per heavy atom. The van der Waals surface area contributed by atoms with Gasteiger partial charge in [-0.15, -0.1) is 5.10 Å². The van der Waals surface area contributed by atoms with Gasteiger partial charge in [0.05, 0.1) is 6.54 Å². The van der Waals surface area contributed by atoms with Gasteiger partial charge in [0.1, 0.15) is 17.7 Å². The molecule has 7 heteroatoms. The number of hydrogen-bond acceptors (Lipinski definition) is 4. The second kappa shape index (κ2) is 6.13. The van der Waals surface area contributed by atoms with Gasteiger partial charge in [0, 0.05) is 11.1 Å². The largest absolute Gasteiger partial charge is 0.437 e. The Kier molecular flexibility index (Phi) is 4.03. The molecule has 0 saturated carbocycles. The van der Waals surface area contributed by atoms with Crippen LogP contribution in [0.15, 0.2) is 57.7 Å². The maximum Gasteiger partial charge on any atom is 0.437 e. The molecule has 0 aliphatic rings. The second-order valence-electron chi connectivity index (χ2n) is 4.90. The fourth-order valence-corrected chi connectivity index (χ4v) is 2.14. The summed E-state index contributed by atoms with van der Waals surface area (Å²) in [7, 11) is 0. The lowest BCUT2D eigenvalue weighted by molar-refractivity contribution is 0.144. The Hall–Kier alpha value is -2.80. The Balaban J connectivity index is 1.86. The van der Waals surface area contributed by atoms with Crippen LogP contribution in [0.25, 0.3) is 11.5 Å². The number of nitrogens with zero attached hydrogens (tertiary/aromatic N) is 2. The third-order valence-corrected chi connectivity index (χ3v) is 3.31. The van der Waals surface area contributed by atoms with Gasteiger partial charge in [0.15, 0.2) is 0 Å². The van der Waals surface area contributed by atoms with Gasteiger partial charge in [0.25, 0.3) is 0 Å². The molecule has 1 heterocycles. The van der Waals surface area contributed by atoms with Crippen LogP contribution >= 0.6 is 0 Å². The fraction of sp³-hybridized carbons (Fsp3) is 0.125. The molecule has 3 aromatic rings. The van der Waals surface area contributed by atoms with E-state index < -0.39 is 23.5 Å². The van der Waals surface area contributed by atoms with Crippen molar-refractivity contribution in [3.05, 3.63) is 76.3 Å². The lowest BCUT2D eigenvalue weighted by Gasteiger charge is -2.10. The van der Waals surface area contributed by atoms with Gasteiger partial charge in [-0.1, -0.05) is 18.2 Å². The number of aliphatic hydroxyl groups excluding tert-OH is 1. The molecular weight excluding hydrogens is 306 g/mol. The van der Waals surface area contributed by atoms with Crippen LogP contribution in [0.3, 0.4) is 0 Å². The molecule has 1 unspecified atom stereocenters. The molecule has 0 aliphatic carbocycles. The molecule has 1 aromatic heterocycles. The van der Waals surface area contributed by atoms with E-state index in [-0.39, 0.29) is 18.0 Å². The highest BCUT2D eigenvalue weighted by atomic mass is 19.1. The van der Waals surface area contributed by atoms with Crippen LogP contribution < -0.4 is 5.76 Å². The van der Waals surface area contributed by atoms with Crippen molar-refractivity contribution < 1.29 is 18.3 Å².